The van der Waals surface area contributed by atoms with Crippen LogP contribution in [0.3, 0.4) is 0 Å². The Morgan fingerprint density at radius 1 is 0.684 bits per heavy atom. The first-order valence-corrected chi connectivity index (χ1v) is 5.91. The summed E-state index contributed by atoms with van der Waals surface area (Å²) in [6.45, 7) is 0. The molecule has 0 saturated carbocycles. The van der Waals surface area contributed by atoms with E-state index in [1.54, 1.807) is 24.5 Å². The molecule has 0 aliphatic heterocycles. The Kier molecular flexibility index (Phi) is 2.90. The van der Waals surface area contributed by atoms with Gasteiger partial charge in [0.15, 0.2) is 0 Å². The summed E-state index contributed by atoms with van der Waals surface area (Å²) in [6.07, 6.45) is 3.34. The van der Waals surface area contributed by atoms with Crippen LogP contribution in [0.4, 0.5) is 0 Å². The molecule has 0 spiro atoms. The highest BCUT2D eigenvalue weighted by Crippen LogP contribution is 2.17. The maximum atomic E-state index is 12.4. The van der Waals surface area contributed by atoms with Gasteiger partial charge in [-0.15, -0.1) is 0 Å². The molecule has 0 radical (unpaired) electrons. The van der Waals surface area contributed by atoms with Crippen LogP contribution >= 0.6 is 0 Å². The molecule has 0 saturated heterocycles. The zero-order chi connectivity index (χ0) is 13.1. The van der Waals surface area contributed by atoms with Crippen LogP contribution < -0.4 is 4.73 Å². The lowest BCUT2D eigenvalue weighted by Crippen LogP contribution is -2.32. The van der Waals surface area contributed by atoms with Gasteiger partial charge >= 0.3 is 0 Å². The van der Waals surface area contributed by atoms with Gasteiger partial charge in [-0.1, -0.05) is 12.1 Å². The summed E-state index contributed by atoms with van der Waals surface area (Å²) < 4.78 is 0.866. The number of hydrogen-bond acceptors (Lipinski definition) is 3. The van der Waals surface area contributed by atoms with E-state index >= 15 is 0 Å². The molecule has 4 nitrogen and oxygen atoms in total. The Morgan fingerprint density at radius 3 is 1.63 bits per heavy atom. The average molecular weight is 249 g/mol. The first kappa shape index (κ1) is 11.3. The molecule has 0 fully saturated rings. The van der Waals surface area contributed by atoms with Gasteiger partial charge in [0.2, 0.25) is 11.4 Å². The van der Waals surface area contributed by atoms with Crippen LogP contribution in [-0.4, -0.2) is 9.97 Å². The minimum absolute atomic E-state index is 0.517. The van der Waals surface area contributed by atoms with Crippen molar-refractivity contribution in [3.8, 4) is 22.8 Å². The minimum atomic E-state index is 0.517. The highest BCUT2D eigenvalue weighted by atomic mass is 16.5. The molecule has 0 N–H and O–H groups in total. The van der Waals surface area contributed by atoms with Crippen molar-refractivity contribution in [2.75, 3.05) is 0 Å². The SMILES string of the molecule is [O-][n+]1c(-c2ccccn2)cccc1-c1ccccn1. The third kappa shape index (κ3) is 2.15. The summed E-state index contributed by atoms with van der Waals surface area (Å²) in [5.74, 6) is 0. The molecule has 0 aliphatic carbocycles. The Morgan fingerprint density at radius 2 is 1.21 bits per heavy atom. The van der Waals surface area contributed by atoms with E-state index in [4.69, 9.17) is 0 Å². The Bertz CT molecular complexity index is 627. The maximum Gasteiger partial charge on any atom is 0.242 e. The lowest BCUT2D eigenvalue weighted by molar-refractivity contribution is -0.582. The molecule has 0 aliphatic rings. The van der Waals surface area contributed by atoms with Crippen molar-refractivity contribution in [3.05, 3.63) is 72.2 Å². The zero-order valence-corrected chi connectivity index (χ0v) is 10.1. The van der Waals surface area contributed by atoms with Gasteiger partial charge in [0.05, 0.1) is 0 Å². The van der Waals surface area contributed by atoms with Gasteiger partial charge in [-0.2, -0.15) is 4.73 Å². The molecule has 19 heavy (non-hydrogen) atoms. The first-order chi connectivity index (χ1) is 9.36. The highest BCUT2D eigenvalue weighted by Gasteiger charge is 2.15. The van der Waals surface area contributed by atoms with Crippen LogP contribution in [0.15, 0.2) is 67.0 Å². The van der Waals surface area contributed by atoms with Crippen LogP contribution in [-0.2, 0) is 0 Å². The monoisotopic (exact) mass is 249 g/mol. The maximum absolute atomic E-state index is 12.4. The lowest BCUT2D eigenvalue weighted by Gasteiger charge is -2.08. The van der Waals surface area contributed by atoms with Gasteiger partial charge in [0, 0.05) is 24.5 Å². The van der Waals surface area contributed by atoms with Crippen LogP contribution in [0.25, 0.3) is 22.8 Å². The van der Waals surface area contributed by atoms with E-state index in [0.29, 0.717) is 22.8 Å². The standard InChI is InChI=1S/C15H11N3O/c19-18-14(12-6-1-3-10-16-12)8-5-9-15(18)13-7-2-4-11-17-13/h1-11H. The first-order valence-electron chi connectivity index (χ1n) is 5.91. The van der Waals surface area contributed by atoms with Gasteiger partial charge in [-0.25, -0.2) is 9.97 Å². The van der Waals surface area contributed by atoms with E-state index < -0.39 is 0 Å². The topological polar surface area (TPSA) is 52.7 Å². The predicted molar refractivity (Wildman–Crippen MR) is 71.9 cm³/mol. The molecule has 0 amide bonds. The van der Waals surface area contributed by atoms with Crippen molar-refractivity contribution in [3.63, 3.8) is 0 Å². The van der Waals surface area contributed by atoms with Crippen molar-refractivity contribution in [1.82, 2.24) is 9.97 Å². The van der Waals surface area contributed by atoms with Crippen molar-refractivity contribution in [2.45, 2.75) is 0 Å². The lowest BCUT2D eigenvalue weighted by atomic mass is 10.2. The second-order valence-corrected chi connectivity index (χ2v) is 4.02. The van der Waals surface area contributed by atoms with E-state index in [1.807, 2.05) is 42.5 Å². The summed E-state index contributed by atoms with van der Waals surface area (Å²) in [6, 6.07) is 16.3. The molecule has 0 bridgehead atoms. The van der Waals surface area contributed by atoms with Crippen LogP contribution in [0.1, 0.15) is 0 Å². The van der Waals surface area contributed by atoms with Gasteiger partial charge in [0.1, 0.15) is 11.4 Å². The fourth-order valence-corrected chi connectivity index (χ4v) is 1.90. The Balaban J connectivity index is 2.15. The molecule has 4 heteroatoms. The third-order valence-corrected chi connectivity index (χ3v) is 2.80. The van der Waals surface area contributed by atoms with Gasteiger partial charge in [-0.3, -0.25) is 0 Å². The minimum Gasteiger partial charge on any atom is -0.618 e. The van der Waals surface area contributed by atoms with Crippen LogP contribution in [0.5, 0.6) is 0 Å². The van der Waals surface area contributed by atoms with E-state index in [-0.39, 0.29) is 0 Å². The summed E-state index contributed by atoms with van der Waals surface area (Å²) >= 11 is 0. The number of hydrogen-bond donors (Lipinski definition) is 0. The summed E-state index contributed by atoms with van der Waals surface area (Å²) in [4.78, 5) is 8.41. The van der Waals surface area contributed by atoms with Crippen LogP contribution in [0.2, 0.25) is 0 Å². The Hall–Kier alpha value is -2.75. The average Bonchev–Trinajstić information content (AvgIpc) is 2.49. The largest absolute Gasteiger partial charge is 0.618 e. The molecule has 3 aromatic heterocycles. The summed E-state index contributed by atoms with van der Waals surface area (Å²) in [7, 11) is 0. The molecule has 3 aromatic rings. The number of aromatic nitrogens is 3. The second kappa shape index (κ2) is 4.86. The van der Waals surface area contributed by atoms with Gasteiger partial charge in [0.25, 0.3) is 0 Å². The molecule has 92 valence electrons. The van der Waals surface area contributed by atoms with Crippen molar-refractivity contribution >= 4 is 0 Å². The van der Waals surface area contributed by atoms with Crippen molar-refractivity contribution in [2.24, 2.45) is 0 Å². The zero-order valence-electron chi connectivity index (χ0n) is 10.1. The molecule has 3 heterocycles. The van der Waals surface area contributed by atoms with E-state index in [2.05, 4.69) is 9.97 Å². The number of pyridine rings is 3. The van der Waals surface area contributed by atoms with Crippen molar-refractivity contribution < 1.29 is 4.73 Å². The quantitative estimate of drug-likeness (QED) is 0.517. The third-order valence-electron chi connectivity index (χ3n) is 2.80. The highest BCUT2D eigenvalue weighted by molar-refractivity contribution is 5.56. The van der Waals surface area contributed by atoms with Crippen LogP contribution in [0, 0.1) is 5.21 Å². The predicted octanol–water partition coefficient (Wildman–Crippen LogP) is 2.44. The Labute approximate surface area is 110 Å². The van der Waals surface area contributed by atoms with Gasteiger partial charge < -0.3 is 5.21 Å². The smallest absolute Gasteiger partial charge is 0.242 e. The fraction of sp³-hybridized carbons (Fsp3) is 0. The molecule has 3 rings (SSSR count). The molecule has 0 unspecified atom stereocenters. The molecule has 0 atom stereocenters. The van der Waals surface area contributed by atoms with E-state index in [0.717, 1.165) is 4.73 Å². The summed E-state index contributed by atoms with van der Waals surface area (Å²) in [5.41, 5.74) is 2.33. The normalized spacial score (nSPS) is 10.3. The second-order valence-electron chi connectivity index (χ2n) is 4.02. The van der Waals surface area contributed by atoms with E-state index in [9.17, 15) is 5.21 Å². The van der Waals surface area contributed by atoms with Gasteiger partial charge in [-0.05, 0) is 30.3 Å². The molecular weight excluding hydrogens is 238 g/mol. The summed E-state index contributed by atoms with van der Waals surface area (Å²) in [5, 5.41) is 12.4. The number of nitrogens with zero attached hydrogens (tertiary/aromatic N) is 3. The molecular formula is C15H11N3O. The van der Waals surface area contributed by atoms with E-state index in [1.165, 1.54) is 0 Å². The fourth-order valence-electron chi connectivity index (χ4n) is 1.90. The molecule has 0 aromatic carbocycles. The number of rotatable bonds is 2. The van der Waals surface area contributed by atoms with Crippen molar-refractivity contribution in [1.29, 1.82) is 0 Å².